The number of hydrogen-bond donors (Lipinski definition) is 0. The summed E-state index contributed by atoms with van der Waals surface area (Å²) < 4.78 is 24.2. The number of rotatable bonds is 8. The molecule has 0 fully saturated rings. The Kier molecular flexibility index (Phi) is 8.32. The molecule has 0 spiro atoms. The van der Waals surface area contributed by atoms with Gasteiger partial charge in [0.1, 0.15) is 28.9 Å². The van der Waals surface area contributed by atoms with Gasteiger partial charge in [0, 0.05) is 23.7 Å². The number of thiazole rings is 1. The monoisotopic (exact) mass is 576 g/mol. The molecule has 5 rings (SSSR count). The van der Waals surface area contributed by atoms with Crippen molar-refractivity contribution in [2.45, 2.75) is 58.4 Å². The third kappa shape index (κ3) is 6.55. The van der Waals surface area contributed by atoms with Gasteiger partial charge in [0.05, 0.1) is 33.0 Å². The molecule has 1 aliphatic rings. The lowest BCUT2D eigenvalue weighted by Gasteiger charge is -2.26. The number of aromatic nitrogens is 3. The number of nitrogens with zero attached hydrogens (tertiary/aromatic N) is 4. The second-order valence-electron chi connectivity index (χ2n) is 10.9. The summed E-state index contributed by atoms with van der Waals surface area (Å²) in [5, 5.41) is 5.52. The van der Waals surface area contributed by atoms with Crippen molar-refractivity contribution in [3.05, 3.63) is 76.4 Å². The molecule has 2 aromatic heterocycles. The van der Waals surface area contributed by atoms with Crippen molar-refractivity contribution in [1.82, 2.24) is 14.8 Å². The van der Waals surface area contributed by atoms with Gasteiger partial charge in [0.15, 0.2) is 5.13 Å². The maximum absolute atomic E-state index is 13.5. The van der Waals surface area contributed by atoms with Gasteiger partial charge in [0.25, 0.3) is 0 Å². The van der Waals surface area contributed by atoms with Crippen molar-refractivity contribution in [1.29, 1.82) is 0 Å². The van der Waals surface area contributed by atoms with Crippen molar-refractivity contribution in [3.8, 4) is 22.8 Å². The maximum Gasteiger partial charge on any atom is 0.416 e. The summed E-state index contributed by atoms with van der Waals surface area (Å²) in [5.74, 6) is 1.57. The van der Waals surface area contributed by atoms with Crippen molar-refractivity contribution >= 4 is 22.6 Å². The maximum atomic E-state index is 13.5. The molecule has 0 saturated carbocycles. The summed E-state index contributed by atoms with van der Waals surface area (Å²) in [6.45, 7) is 6.50. The van der Waals surface area contributed by atoms with E-state index in [0.717, 1.165) is 57.3 Å². The highest BCUT2D eigenvalue weighted by atomic mass is 32.1. The molecule has 0 aliphatic heterocycles. The minimum absolute atomic E-state index is 0.145. The van der Waals surface area contributed by atoms with E-state index >= 15 is 0 Å². The predicted octanol–water partition coefficient (Wildman–Crippen LogP) is 6.65. The SMILES string of the molecule is COc1ccc(CN(C(=O)OC(C)(C)C)c2nc3c(s2)CCC(OC)c2nn(Cc4ccc(OC)cc4)cc2-3)cc1. The first-order valence-electron chi connectivity index (χ1n) is 13.5. The average Bonchev–Trinajstić information content (AvgIpc) is 3.53. The summed E-state index contributed by atoms with van der Waals surface area (Å²) in [5.41, 5.74) is 4.01. The van der Waals surface area contributed by atoms with E-state index < -0.39 is 11.7 Å². The van der Waals surface area contributed by atoms with Gasteiger partial charge in [-0.1, -0.05) is 24.3 Å². The molecule has 0 radical (unpaired) electrons. The lowest BCUT2D eigenvalue weighted by atomic mass is 10.1. The van der Waals surface area contributed by atoms with Crippen LogP contribution in [-0.4, -0.2) is 47.8 Å². The first kappa shape index (κ1) is 28.6. The highest BCUT2D eigenvalue weighted by Crippen LogP contribution is 2.42. The van der Waals surface area contributed by atoms with E-state index in [1.54, 1.807) is 26.2 Å². The number of hydrogen-bond acceptors (Lipinski definition) is 8. The molecule has 1 unspecified atom stereocenters. The zero-order valence-corrected chi connectivity index (χ0v) is 25.2. The van der Waals surface area contributed by atoms with Crippen LogP contribution in [-0.2, 0) is 29.0 Å². The third-order valence-electron chi connectivity index (χ3n) is 6.80. The molecular formula is C31H36N4O5S. The molecule has 216 valence electrons. The lowest BCUT2D eigenvalue weighted by Crippen LogP contribution is -2.36. The summed E-state index contributed by atoms with van der Waals surface area (Å²) in [6, 6.07) is 15.6. The summed E-state index contributed by atoms with van der Waals surface area (Å²) in [7, 11) is 5.01. The number of anilines is 1. The Morgan fingerprint density at radius 2 is 1.63 bits per heavy atom. The van der Waals surface area contributed by atoms with Crippen LogP contribution in [0.15, 0.2) is 54.7 Å². The van der Waals surface area contributed by atoms with Crippen LogP contribution in [0.3, 0.4) is 0 Å². The average molecular weight is 577 g/mol. The van der Waals surface area contributed by atoms with Crippen LogP contribution >= 0.6 is 11.3 Å². The Bertz CT molecular complexity index is 1490. The number of methoxy groups -OCH3 is 3. The normalized spacial score (nSPS) is 14.5. The van der Waals surface area contributed by atoms with Gasteiger partial charge in [-0.05, 0) is 69.0 Å². The number of fused-ring (bicyclic) bond motifs is 3. The van der Waals surface area contributed by atoms with Gasteiger partial charge in [-0.25, -0.2) is 14.7 Å². The second-order valence-corrected chi connectivity index (χ2v) is 12.0. The van der Waals surface area contributed by atoms with E-state index in [2.05, 4.69) is 0 Å². The van der Waals surface area contributed by atoms with Gasteiger partial charge in [0.2, 0.25) is 0 Å². The molecule has 1 aliphatic carbocycles. The number of benzene rings is 2. The van der Waals surface area contributed by atoms with Gasteiger partial charge in [-0.15, -0.1) is 11.3 Å². The van der Waals surface area contributed by atoms with E-state index in [9.17, 15) is 4.79 Å². The van der Waals surface area contributed by atoms with E-state index in [0.29, 0.717) is 18.2 Å². The Morgan fingerprint density at radius 3 is 2.22 bits per heavy atom. The van der Waals surface area contributed by atoms with E-state index in [1.807, 2.05) is 80.2 Å². The Morgan fingerprint density at radius 1 is 1.00 bits per heavy atom. The van der Waals surface area contributed by atoms with E-state index in [1.165, 1.54) is 11.3 Å². The highest BCUT2D eigenvalue weighted by Gasteiger charge is 2.32. The molecule has 9 nitrogen and oxygen atoms in total. The quantitative estimate of drug-likeness (QED) is 0.232. The Labute approximate surface area is 244 Å². The van der Waals surface area contributed by atoms with Gasteiger partial charge < -0.3 is 18.9 Å². The number of amides is 1. The first-order chi connectivity index (χ1) is 19.7. The topological polar surface area (TPSA) is 87.9 Å². The minimum atomic E-state index is -0.648. The molecule has 1 amide bonds. The zero-order chi connectivity index (χ0) is 29.1. The largest absolute Gasteiger partial charge is 0.497 e. The van der Waals surface area contributed by atoms with Gasteiger partial charge in [-0.3, -0.25) is 4.68 Å². The van der Waals surface area contributed by atoms with E-state index in [4.69, 9.17) is 29.0 Å². The van der Waals surface area contributed by atoms with Crippen LogP contribution in [0.25, 0.3) is 11.3 Å². The van der Waals surface area contributed by atoms with Crippen LogP contribution in [0, 0.1) is 0 Å². The molecule has 41 heavy (non-hydrogen) atoms. The number of carbonyl (C=O) groups is 1. The van der Waals surface area contributed by atoms with Crippen LogP contribution < -0.4 is 14.4 Å². The van der Waals surface area contributed by atoms with Crippen LogP contribution in [0.5, 0.6) is 11.5 Å². The molecule has 10 heteroatoms. The predicted molar refractivity (Wildman–Crippen MR) is 159 cm³/mol. The minimum Gasteiger partial charge on any atom is -0.497 e. The molecule has 2 heterocycles. The zero-order valence-electron chi connectivity index (χ0n) is 24.3. The molecular weight excluding hydrogens is 540 g/mol. The van der Waals surface area contributed by atoms with Gasteiger partial charge >= 0.3 is 6.09 Å². The smallest absolute Gasteiger partial charge is 0.416 e. The van der Waals surface area contributed by atoms with Crippen molar-refractivity contribution < 1.29 is 23.7 Å². The molecule has 2 aromatic carbocycles. The highest BCUT2D eigenvalue weighted by molar-refractivity contribution is 7.16. The van der Waals surface area contributed by atoms with Crippen molar-refractivity contribution in [2.75, 3.05) is 26.2 Å². The molecule has 0 saturated heterocycles. The van der Waals surface area contributed by atoms with Gasteiger partial charge in [-0.2, -0.15) is 5.10 Å². The fourth-order valence-electron chi connectivity index (χ4n) is 4.76. The number of aryl methyl sites for hydroxylation is 1. The fourth-order valence-corrected chi connectivity index (χ4v) is 5.84. The fraction of sp³-hybridized carbons (Fsp3) is 0.387. The lowest BCUT2D eigenvalue weighted by molar-refractivity contribution is 0.0577. The standard InChI is InChI=1S/C31H36N4O5S/c1-31(2,3)40-30(36)35(18-21-9-13-23(38-5)14-10-21)29-32-28-24-19-34(17-20-7-11-22(37-4)12-8-20)33-27(24)25(39-6)15-16-26(28)41-29/h7-14,19,25H,15-18H2,1-6H3. The summed E-state index contributed by atoms with van der Waals surface area (Å²) in [4.78, 5) is 21.2. The van der Waals surface area contributed by atoms with Crippen molar-refractivity contribution in [2.24, 2.45) is 0 Å². The van der Waals surface area contributed by atoms with Crippen LogP contribution in [0.1, 0.15) is 55.0 Å². The molecule has 1 atom stereocenters. The molecule has 4 aromatic rings. The number of carbonyl (C=O) groups excluding carboxylic acids is 1. The molecule has 0 N–H and O–H groups in total. The second kappa shape index (κ2) is 11.9. The van der Waals surface area contributed by atoms with E-state index in [-0.39, 0.29) is 6.10 Å². The van der Waals surface area contributed by atoms with Crippen LogP contribution in [0.4, 0.5) is 9.93 Å². The number of ether oxygens (including phenoxy) is 4. The summed E-state index contributed by atoms with van der Waals surface area (Å²) in [6.07, 6.45) is 2.98. The third-order valence-corrected chi connectivity index (χ3v) is 7.94. The first-order valence-corrected chi connectivity index (χ1v) is 14.4. The summed E-state index contributed by atoms with van der Waals surface area (Å²) >= 11 is 1.51. The van der Waals surface area contributed by atoms with Crippen LogP contribution in [0.2, 0.25) is 0 Å². The van der Waals surface area contributed by atoms with Crippen molar-refractivity contribution in [3.63, 3.8) is 0 Å². The Hall–Kier alpha value is -3.89. The molecule has 0 bridgehead atoms. The Balaban J connectivity index is 1.50.